The van der Waals surface area contributed by atoms with Crippen LogP contribution in [0.5, 0.6) is 0 Å². The number of aromatic nitrogens is 2. The van der Waals surface area contributed by atoms with Gasteiger partial charge in [-0.05, 0) is 19.3 Å². The summed E-state index contributed by atoms with van der Waals surface area (Å²) < 4.78 is 4.10. The van der Waals surface area contributed by atoms with E-state index in [9.17, 15) is 0 Å². The van der Waals surface area contributed by atoms with Gasteiger partial charge in [-0.3, -0.25) is 0 Å². The Hall–Kier alpha value is -0.680. The molecule has 0 saturated carbocycles. The highest BCUT2D eigenvalue weighted by atomic mass is 32.1. The molecular weight excluding hydrogens is 220 g/mol. The van der Waals surface area contributed by atoms with E-state index in [1.54, 1.807) is 6.33 Å². The molecule has 2 rings (SSSR count). The average Bonchev–Trinajstić information content (AvgIpc) is 2.80. The lowest BCUT2D eigenvalue weighted by atomic mass is 10.0. The monoisotopic (exact) mass is 240 g/mol. The topological polar surface area (TPSA) is 41.0 Å². The van der Waals surface area contributed by atoms with Gasteiger partial charge in [0.2, 0.25) is 5.13 Å². The Morgan fingerprint density at radius 2 is 2.44 bits per heavy atom. The molecule has 0 bridgehead atoms. The maximum absolute atomic E-state index is 4.32. The van der Waals surface area contributed by atoms with Crippen molar-refractivity contribution in [3.05, 3.63) is 6.33 Å². The number of nitrogens with one attached hydrogen (secondary N) is 1. The lowest BCUT2D eigenvalue weighted by Crippen LogP contribution is -2.46. The highest BCUT2D eigenvalue weighted by Gasteiger charge is 2.24. The van der Waals surface area contributed by atoms with E-state index in [1.165, 1.54) is 30.8 Å². The number of anilines is 1. The smallest absolute Gasteiger partial charge is 0.205 e. The van der Waals surface area contributed by atoms with E-state index in [1.807, 2.05) is 0 Å². The number of hydrogen-bond acceptors (Lipinski definition) is 5. The van der Waals surface area contributed by atoms with Crippen molar-refractivity contribution in [1.82, 2.24) is 14.7 Å². The number of piperidine rings is 1. The van der Waals surface area contributed by atoms with Crippen molar-refractivity contribution in [2.45, 2.75) is 45.2 Å². The van der Waals surface area contributed by atoms with E-state index >= 15 is 0 Å². The Morgan fingerprint density at radius 3 is 3.12 bits per heavy atom. The van der Waals surface area contributed by atoms with Crippen molar-refractivity contribution in [3.8, 4) is 0 Å². The van der Waals surface area contributed by atoms with Crippen LogP contribution in [0.4, 0.5) is 5.13 Å². The van der Waals surface area contributed by atoms with Crippen molar-refractivity contribution in [2.24, 2.45) is 0 Å². The average molecular weight is 240 g/mol. The van der Waals surface area contributed by atoms with Gasteiger partial charge in [-0.1, -0.05) is 13.8 Å². The van der Waals surface area contributed by atoms with Crippen molar-refractivity contribution < 1.29 is 0 Å². The van der Waals surface area contributed by atoms with Crippen LogP contribution >= 0.6 is 11.5 Å². The van der Waals surface area contributed by atoms with Crippen molar-refractivity contribution >= 4 is 16.7 Å². The first-order valence-electron chi connectivity index (χ1n) is 6.04. The molecule has 0 amide bonds. The number of hydrogen-bond donors (Lipinski definition) is 1. The molecule has 16 heavy (non-hydrogen) atoms. The molecule has 1 aromatic heterocycles. The zero-order valence-corrected chi connectivity index (χ0v) is 10.8. The zero-order chi connectivity index (χ0) is 11.4. The highest BCUT2D eigenvalue weighted by molar-refractivity contribution is 7.09. The van der Waals surface area contributed by atoms with Crippen LogP contribution in [0.1, 0.15) is 33.1 Å². The molecule has 90 valence electrons. The minimum atomic E-state index is 0.554. The first-order valence-corrected chi connectivity index (χ1v) is 6.81. The molecule has 0 aromatic carbocycles. The summed E-state index contributed by atoms with van der Waals surface area (Å²) in [6, 6.07) is 1.14. The molecule has 1 saturated heterocycles. The van der Waals surface area contributed by atoms with Gasteiger partial charge in [0, 0.05) is 36.7 Å². The summed E-state index contributed by atoms with van der Waals surface area (Å²) in [5.41, 5.74) is 0. The zero-order valence-electron chi connectivity index (χ0n) is 10.0. The molecule has 4 nitrogen and oxygen atoms in total. The van der Waals surface area contributed by atoms with E-state index in [0.717, 1.165) is 18.2 Å². The van der Waals surface area contributed by atoms with Crippen LogP contribution in [0.15, 0.2) is 6.33 Å². The van der Waals surface area contributed by atoms with Crippen LogP contribution in [0, 0.1) is 0 Å². The predicted octanol–water partition coefficient (Wildman–Crippen LogP) is 1.90. The summed E-state index contributed by atoms with van der Waals surface area (Å²) in [7, 11) is 0. The van der Waals surface area contributed by atoms with Crippen LogP contribution in [0.2, 0.25) is 0 Å². The van der Waals surface area contributed by atoms with Gasteiger partial charge in [0.05, 0.1) is 0 Å². The first kappa shape index (κ1) is 11.8. The Kier molecular flexibility index (Phi) is 4.12. The van der Waals surface area contributed by atoms with Crippen LogP contribution < -0.4 is 10.2 Å². The summed E-state index contributed by atoms with van der Waals surface area (Å²) in [6.07, 6.45) is 5.53. The number of nitrogens with zero attached hydrogens (tertiary/aromatic N) is 3. The molecular formula is C11H20N4S. The van der Waals surface area contributed by atoms with Gasteiger partial charge < -0.3 is 10.2 Å². The van der Waals surface area contributed by atoms with Crippen LogP contribution in [-0.4, -0.2) is 34.5 Å². The molecule has 0 radical (unpaired) electrons. The SMILES string of the molecule is CC(C)NCC1CCCCN1c1ncns1. The van der Waals surface area contributed by atoms with Gasteiger partial charge in [0.25, 0.3) is 0 Å². The standard InChI is InChI=1S/C11H20N4S/c1-9(2)12-7-10-5-3-4-6-15(10)11-13-8-14-16-11/h8-10,12H,3-7H2,1-2H3. The normalized spacial score (nSPS) is 21.7. The van der Waals surface area contributed by atoms with Gasteiger partial charge in [-0.25, -0.2) is 4.98 Å². The van der Waals surface area contributed by atoms with E-state index in [0.29, 0.717) is 12.1 Å². The van der Waals surface area contributed by atoms with Crippen molar-refractivity contribution in [1.29, 1.82) is 0 Å². The molecule has 1 aliphatic rings. The molecule has 1 fully saturated rings. The van der Waals surface area contributed by atoms with Crippen molar-refractivity contribution in [3.63, 3.8) is 0 Å². The summed E-state index contributed by atoms with van der Waals surface area (Å²) in [6.45, 7) is 6.56. The van der Waals surface area contributed by atoms with E-state index in [2.05, 4.69) is 33.4 Å². The van der Waals surface area contributed by atoms with Gasteiger partial charge >= 0.3 is 0 Å². The van der Waals surface area contributed by atoms with Gasteiger partial charge in [0.1, 0.15) is 6.33 Å². The van der Waals surface area contributed by atoms with E-state index in [-0.39, 0.29) is 0 Å². The third-order valence-electron chi connectivity index (χ3n) is 2.98. The molecule has 5 heteroatoms. The Labute approximate surface area is 101 Å². The third-order valence-corrected chi connectivity index (χ3v) is 3.69. The van der Waals surface area contributed by atoms with Crippen LogP contribution in [-0.2, 0) is 0 Å². The second-order valence-electron chi connectivity index (χ2n) is 4.63. The molecule has 0 spiro atoms. The minimum Gasteiger partial charge on any atom is -0.343 e. The quantitative estimate of drug-likeness (QED) is 0.872. The maximum atomic E-state index is 4.32. The second-order valence-corrected chi connectivity index (χ2v) is 5.39. The molecule has 1 unspecified atom stereocenters. The van der Waals surface area contributed by atoms with Gasteiger partial charge in [0.15, 0.2) is 0 Å². The van der Waals surface area contributed by atoms with E-state index < -0.39 is 0 Å². The molecule has 2 heterocycles. The number of rotatable bonds is 4. The molecule has 1 aromatic rings. The fraction of sp³-hybridized carbons (Fsp3) is 0.818. The fourth-order valence-corrected chi connectivity index (χ4v) is 2.76. The Balaban J connectivity index is 1.97. The maximum Gasteiger partial charge on any atom is 0.205 e. The van der Waals surface area contributed by atoms with E-state index in [4.69, 9.17) is 0 Å². The van der Waals surface area contributed by atoms with Crippen LogP contribution in [0.3, 0.4) is 0 Å². The Bertz CT molecular complexity index is 299. The first-order chi connectivity index (χ1) is 7.77. The fourth-order valence-electron chi connectivity index (χ4n) is 2.13. The predicted molar refractivity (Wildman–Crippen MR) is 68.0 cm³/mol. The summed E-state index contributed by atoms with van der Waals surface area (Å²) in [4.78, 5) is 6.74. The van der Waals surface area contributed by atoms with Crippen LogP contribution in [0.25, 0.3) is 0 Å². The minimum absolute atomic E-state index is 0.554. The largest absolute Gasteiger partial charge is 0.343 e. The van der Waals surface area contributed by atoms with Crippen molar-refractivity contribution in [2.75, 3.05) is 18.0 Å². The van der Waals surface area contributed by atoms with Gasteiger partial charge in [-0.2, -0.15) is 4.37 Å². The van der Waals surface area contributed by atoms with Gasteiger partial charge in [-0.15, -0.1) is 0 Å². The summed E-state index contributed by atoms with van der Waals surface area (Å²) >= 11 is 1.50. The lowest BCUT2D eigenvalue weighted by Gasteiger charge is -2.35. The Morgan fingerprint density at radius 1 is 1.56 bits per heavy atom. The molecule has 1 atom stereocenters. The summed E-state index contributed by atoms with van der Waals surface area (Å²) in [5.74, 6) is 0. The lowest BCUT2D eigenvalue weighted by molar-refractivity contribution is 0.421. The molecule has 1 aliphatic heterocycles. The molecule has 1 N–H and O–H groups in total. The highest BCUT2D eigenvalue weighted by Crippen LogP contribution is 2.24. The third kappa shape index (κ3) is 2.92. The summed E-state index contributed by atoms with van der Waals surface area (Å²) in [5, 5.41) is 4.60. The second kappa shape index (κ2) is 5.59. The molecule has 0 aliphatic carbocycles.